The number of ether oxygens (including phenoxy) is 1. The van der Waals surface area contributed by atoms with Crippen LogP contribution in [0.3, 0.4) is 0 Å². The van der Waals surface area contributed by atoms with Gasteiger partial charge in [-0.05, 0) is 19.1 Å². The molecule has 1 N–H and O–H groups in total. The molecule has 5 nitrogen and oxygen atoms in total. The van der Waals surface area contributed by atoms with Gasteiger partial charge in [0.2, 0.25) is 0 Å². The number of amides is 1. The predicted octanol–water partition coefficient (Wildman–Crippen LogP) is 3.59. The molecular formula is C12H14Cl2NO4P. The average molecular weight is 338 g/mol. The van der Waals surface area contributed by atoms with Crippen LogP contribution in [0.25, 0.3) is 0 Å². The molecule has 8 heteroatoms. The van der Waals surface area contributed by atoms with Gasteiger partial charge >= 0.3 is 6.09 Å². The fourth-order valence-electron chi connectivity index (χ4n) is 1.45. The zero-order valence-corrected chi connectivity index (χ0v) is 13.3. The minimum absolute atomic E-state index is 0.152. The third-order valence-corrected chi connectivity index (χ3v) is 5.45. The third-order valence-electron chi connectivity index (χ3n) is 2.29. The Morgan fingerprint density at radius 2 is 1.90 bits per heavy atom. The SMILES string of the molecule is CCOP(=O)(C(NC(=O)OC)=C(Cl)Cl)c1ccccc1. The van der Waals surface area contributed by atoms with Crippen LogP contribution in [-0.4, -0.2) is 19.8 Å². The van der Waals surface area contributed by atoms with Crippen molar-refractivity contribution < 1.29 is 18.6 Å². The maximum atomic E-state index is 13.1. The number of alkyl carbamates (subject to hydrolysis) is 1. The van der Waals surface area contributed by atoms with Crippen LogP contribution in [0.4, 0.5) is 4.79 Å². The molecule has 0 aliphatic heterocycles. The summed E-state index contributed by atoms with van der Waals surface area (Å²) in [5.41, 5.74) is -0.208. The Kier molecular flexibility index (Phi) is 6.56. The summed E-state index contributed by atoms with van der Waals surface area (Å²) in [5, 5.41) is 2.62. The van der Waals surface area contributed by atoms with Crippen LogP contribution in [0.1, 0.15) is 6.92 Å². The lowest BCUT2D eigenvalue weighted by atomic mass is 10.4. The summed E-state index contributed by atoms with van der Waals surface area (Å²) in [4.78, 5) is 11.3. The van der Waals surface area contributed by atoms with Crippen molar-refractivity contribution in [3.8, 4) is 0 Å². The molecule has 0 aromatic heterocycles. The monoisotopic (exact) mass is 337 g/mol. The minimum atomic E-state index is -3.60. The standard InChI is InChI=1S/C12H14Cl2NO4P/c1-3-19-20(17,9-7-5-4-6-8-9)11(10(13)14)15-12(16)18-2/h4-8H,3H2,1-2H3,(H,15,16). The van der Waals surface area contributed by atoms with E-state index in [4.69, 9.17) is 27.7 Å². The maximum absolute atomic E-state index is 13.1. The number of carbonyl (C=O) groups is 1. The molecule has 0 aliphatic carbocycles. The van der Waals surface area contributed by atoms with Crippen LogP contribution >= 0.6 is 30.6 Å². The van der Waals surface area contributed by atoms with Crippen molar-refractivity contribution >= 4 is 42.0 Å². The van der Waals surface area contributed by atoms with Gasteiger partial charge in [-0.3, -0.25) is 9.88 Å². The number of halogens is 2. The number of hydrogen-bond donors (Lipinski definition) is 1. The first-order chi connectivity index (χ1) is 9.45. The molecule has 1 aromatic rings. The van der Waals surface area contributed by atoms with E-state index in [9.17, 15) is 9.36 Å². The zero-order chi connectivity index (χ0) is 15.2. The van der Waals surface area contributed by atoms with Gasteiger partial charge in [0.25, 0.3) is 7.37 Å². The molecule has 1 unspecified atom stereocenters. The van der Waals surface area contributed by atoms with Gasteiger partial charge in [-0.1, -0.05) is 41.4 Å². The Morgan fingerprint density at radius 1 is 1.30 bits per heavy atom. The molecule has 0 radical (unpaired) electrons. The Morgan fingerprint density at radius 3 is 2.35 bits per heavy atom. The highest BCUT2D eigenvalue weighted by molar-refractivity contribution is 7.71. The van der Waals surface area contributed by atoms with Crippen LogP contribution in [0.15, 0.2) is 40.3 Å². The summed E-state index contributed by atoms with van der Waals surface area (Å²) < 4.78 is 22.5. The van der Waals surface area contributed by atoms with Crippen molar-refractivity contribution in [1.82, 2.24) is 5.32 Å². The summed E-state index contributed by atoms with van der Waals surface area (Å²) in [6, 6.07) is 8.36. The molecule has 0 spiro atoms. The fourth-order valence-corrected chi connectivity index (χ4v) is 4.14. The van der Waals surface area contributed by atoms with E-state index in [0.29, 0.717) is 5.30 Å². The van der Waals surface area contributed by atoms with Gasteiger partial charge in [-0.15, -0.1) is 0 Å². The van der Waals surface area contributed by atoms with E-state index in [1.54, 1.807) is 37.3 Å². The van der Waals surface area contributed by atoms with Crippen molar-refractivity contribution in [2.75, 3.05) is 13.7 Å². The molecule has 0 aliphatic rings. The first kappa shape index (κ1) is 17.1. The van der Waals surface area contributed by atoms with Crippen LogP contribution in [0, 0.1) is 0 Å². The smallest absolute Gasteiger partial charge is 0.411 e. The largest absolute Gasteiger partial charge is 0.453 e. The lowest BCUT2D eigenvalue weighted by molar-refractivity contribution is 0.174. The van der Waals surface area contributed by atoms with E-state index in [2.05, 4.69) is 10.1 Å². The van der Waals surface area contributed by atoms with Crippen molar-refractivity contribution in [1.29, 1.82) is 0 Å². The van der Waals surface area contributed by atoms with Crippen LogP contribution in [0.5, 0.6) is 0 Å². The van der Waals surface area contributed by atoms with Gasteiger partial charge < -0.3 is 9.26 Å². The highest BCUT2D eigenvalue weighted by atomic mass is 35.5. The van der Waals surface area contributed by atoms with Crippen molar-refractivity contribution in [3.63, 3.8) is 0 Å². The lowest BCUT2D eigenvalue weighted by Gasteiger charge is -2.21. The second-order valence-corrected chi connectivity index (χ2v) is 6.80. The molecule has 1 aromatic carbocycles. The fraction of sp³-hybridized carbons (Fsp3) is 0.250. The van der Waals surface area contributed by atoms with Crippen LogP contribution < -0.4 is 10.6 Å². The third kappa shape index (κ3) is 4.00. The van der Waals surface area contributed by atoms with E-state index >= 15 is 0 Å². The average Bonchev–Trinajstić information content (AvgIpc) is 2.45. The number of hydrogen-bond acceptors (Lipinski definition) is 4. The van der Waals surface area contributed by atoms with E-state index in [1.807, 2.05) is 0 Å². The first-order valence-electron chi connectivity index (χ1n) is 5.66. The molecule has 110 valence electrons. The minimum Gasteiger partial charge on any atom is -0.453 e. The maximum Gasteiger partial charge on any atom is 0.411 e. The molecule has 1 rings (SSSR count). The van der Waals surface area contributed by atoms with Gasteiger partial charge in [-0.2, -0.15) is 0 Å². The Hall–Kier alpha value is -1.00. The van der Waals surface area contributed by atoms with E-state index in [1.165, 1.54) is 7.11 Å². The Labute approximate surface area is 127 Å². The summed E-state index contributed by atoms with van der Waals surface area (Å²) in [5.74, 6) is 0. The quantitative estimate of drug-likeness (QED) is 0.834. The van der Waals surface area contributed by atoms with Gasteiger partial charge in [0, 0.05) is 5.30 Å². The molecule has 20 heavy (non-hydrogen) atoms. The first-order valence-corrected chi connectivity index (χ1v) is 8.04. The molecule has 1 amide bonds. The van der Waals surface area contributed by atoms with Crippen molar-refractivity contribution in [2.45, 2.75) is 6.92 Å². The Balaban J connectivity index is 3.33. The van der Waals surface area contributed by atoms with Crippen LogP contribution in [0.2, 0.25) is 0 Å². The highest BCUT2D eigenvalue weighted by Gasteiger charge is 2.34. The molecule has 1 atom stereocenters. The zero-order valence-electron chi connectivity index (χ0n) is 10.9. The molecule has 0 heterocycles. The lowest BCUT2D eigenvalue weighted by Crippen LogP contribution is -2.26. The highest BCUT2D eigenvalue weighted by Crippen LogP contribution is 2.54. The number of benzene rings is 1. The topological polar surface area (TPSA) is 64.6 Å². The number of rotatable bonds is 5. The molecule has 0 fully saturated rings. The molecular weight excluding hydrogens is 324 g/mol. The van der Waals surface area contributed by atoms with Gasteiger partial charge in [0.15, 0.2) is 0 Å². The van der Waals surface area contributed by atoms with Crippen molar-refractivity contribution in [3.05, 3.63) is 40.3 Å². The normalized spacial score (nSPS) is 13.2. The van der Waals surface area contributed by atoms with Crippen molar-refractivity contribution in [2.24, 2.45) is 0 Å². The Bertz CT molecular complexity index is 544. The van der Waals surface area contributed by atoms with E-state index < -0.39 is 13.5 Å². The molecule has 0 bridgehead atoms. The molecule has 0 saturated carbocycles. The second kappa shape index (κ2) is 7.70. The van der Waals surface area contributed by atoms with E-state index in [-0.39, 0.29) is 16.5 Å². The van der Waals surface area contributed by atoms with Gasteiger partial charge in [0.05, 0.1) is 13.7 Å². The summed E-state index contributed by atoms with van der Waals surface area (Å²) in [6.45, 7) is 1.83. The predicted molar refractivity (Wildman–Crippen MR) is 79.6 cm³/mol. The summed E-state index contributed by atoms with van der Waals surface area (Å²) >= 11 is 11.5. The number of carbonyl (C=O) groups excluding carboxylic acids is 1. The summed E-state index contributed by atoms with van der Waals surface area (Å²) in [6.07, 6.45) is -0.838. The molecule has 0 saturated heterocycles. The number of methoxy groups -OCH3 is 1. The van der Waals surface area contributed by atoms with E-state index in [0.717, 1.165) is 0 Å². The second-order valence-electron chi connectivity index (χ2n) is 3.53. The van der Waals surface area contributed by atoms with Crippen LogP contribution in [-0.2, 0) is 13.8 Å². The van der Waals surface area contributed by atoms with Gasteiger partial charge in [0.1, 0.15) is 9.93 Å². The summed E-state index contributed by atoms with van der Waals surface area (Å²) in [7, 11) is -2.43. The van der Waals surface area contributed by atoms with Gasteiger partial charge in [-0.25, -0.2) is 4.79 Å². The number of nitrogens with one attached hydrogen (secondary N) is 1.